The number of hydrogen-bond acceptors (Lipinski definition) is 7. The molecule has 0 rings (SSSR count). The molecule has 0 aromatic carbocycles. The molecular weight excluding hydrogens is 990 g/mol. The summed E-state index contributed by atoms with van der Waals surface area (Å²) in [7, 11) is 1.48. The zero-order valence-electron chi connectivity index (χ0n) is 52.2. The van der Waals surface area contributed by atoms with E-state index in [0.717, 1.165) is 57.8 Å². The monoisotopic (exact) mass is 1120 g/mol. The highest BCUT2D eigenvalue weighted by Gasteiger charge is 2.27. The number of hydrogen-bond donors (Lipinski definition) is 1. The molecule has 0 bridgehead atoms. The van der Waals surface area contributed by atoms with E-state index in [2.05, 4.69) is 62.5 Å². The van der Waals surface area contributed by atoms with Crippen molar-refractivity contribution in [3.63, 3.8) is 0 Å². The first kappa shape index (κ1) is 76.0. The predicted octanol–water partition coefficient (Wildman–Crippen LogP) is 21.3. The van der Waals surface area contributed by atoms with Crippen molar-refractivity contribution in [3.05, 3.63) is 48.6 Å². The van der Waals surface area contributed by atoms with Crippen LogP contribution in [-0.4, -0.2) is 74.9 Å². The molecule has 0 fully saturated rings. The van der Waals surface area contributed by atoms with Crippen LogP contribution in [0.1, 0.15) is 322 Å². The fourth-order valence-electron chi connectivity index (χ4n) is 9.67. The van der Waals surface area contributed by atoms with Gasteiger partial charge in [-0.2, -0.15) is 0 Å². The largest absolute Gasteiger partial charge is 0.472 e. The first-order valence-electron chi connectivity index (χ1n) is 33.4. The number of likely N-dealkylation sites (N-methyl/N-ethyl adjacent to an activating group) is 1. The molecular formula is C68H129NO8P+. The molecule has 458 valence electrons. The molecule has 0 saturated carbocycles. The minimum atomic E-state index is -4.39. The average Bonchev–Trinajstić information content (AvgIpc) is 3.41. The number of quaternary nitrogens is 1. The molecule has 0 radical (unpaired) electrons. The third-order valence-electron chi connectivity index (χ3n) is 14.8. The van der Waals surface area contributed by atoms with Gasteiger partial charge in [0.2, 0.25) is 0 Å². The van der Waals surface area contributed by atoms with Gasteiger partial charge in [0.05, 0.1) is 27.7 Å². The van der Waals surface area contributed by atoms with Gasteiger partial charge in [0.25, 0.3) is 0 Å². The second-order valence-electron chi connectivity index (χ2n) is 23.9. The molecule has 78 heavy (non-hydrogen) atoms. The van der Waals surface area contributed by atoms with Crippen molar-refractivity contribution < 1.29 is 42.1 Å². The summed E-state index contributed by atoms with van der Waals surface area (Å²) in [6.45, 7) is 4.43. The highest BCUT2D eigenvalue weighted by atomic mass is 31.2. The van der Waals surface area contributed by atoms with E-state index in [0.29, 0.717) is 17.4 Å². The molecule has 10 heteroatoms. The smallest absolute Gasteiger partial charge is 0.462 e. The van der Waals surface area contributed by atoms with Crippen LogP contribution in [0.3, 0.4) is 0 Å². The summed E-state index contributed by atoms with van der Waals surface area (Å²) in [4.78, 5) is 35.7. The van der Waals surface area contributed by atoms with Crippen LogP contribution < -0.4 is 0 Å². The van der Waals surface area contributed by atoms with E-state index in [9.17, 15) is 19.0 Å². The summed E-state index contributed by atoms with van der Waals surface area (Å²) < 4.78 is 34.6. The van der Waals surface area contributed by atoms with Crippen LogP contribution >= 0.6 is 7.82 Å². The van der Waals surface area contributed by atoms with Crippen LogP contribution in [0.25, 0.3) is 0 Å². The van der Waals surface area contributed by atoms with Crippen LogP contribution in [0.2, 0.25) is 0 Å². The Labute approximate surface area is 484 Å². The molecule has 0 saturated heterocycles. The second-order valence-corrected chi connectivity index (χ2v) is 25.3. The van der Waals surface area contributed by atoms with Gasteiger partial charge in [0.15, 0.2) is 6.10 Å². The fourth-order valence-corrected chi connectivity index (χ4v) is 10.4. The van der Waals surface area contributed by atoms with Gasteiger partial charge in [-0.25, -0.2) is 4.57 Å². The number of carbonyl (C=O) groups excluding carboxylic acids is 2. The van der Waals surface area contributed by atoms with E-state index in [-0.39, 0.29) is 32.0 Å². The summed E-state index contributed by atoms with van der Waals surface area (Å²) >= 11 is 0. The average molecular weight is 1120 g/mol. The summed E-state index contributed by atoms with van der Waals surface area (Å²) in [6, 6.07) is 0. The van der Waals surface area contributed by atoms with Crippen molar-refractivity contribution in [2.75, 3.05) is 47.5 Å². The summed E-state index contributed by atoms with van der Waals surface area (Å²) in [5, 5.41) is 0. The Kier molecular flexibility index (Phi) is 58.0. The van der Waals surface area contributed by atoms with Crippen molar-refractivity contribution in [1.82, 2.24) is 0 Å². The normalized spacial score (nSPS) is 13.5. The minimum Gasteiger partial charge on any atom is -0.462 e. The molecule has 2 unspecified atom stereocenters. The summed E-state index contributed by atoms with van der Waals surface area (Å²) in [6.07, 6.45) is 76.5. The van der Waals surface area contributed by atoms with Crippen molar-refractivity contribution in [1.29, 1.82) is 0 Å². The van der Waals surface area contributed by atoms with Crippen LogP contribution in [0, 0.1) is 0 Å². The Morgan fingerprint density at radius 3 is 1.04 bits per heavy atom. The van der Waals surface area contributed by atoms with E-state index in [4.69, 9.17) is 18.5 Å². The number of rotatable bonds is 62. The Balaban J connectivity index is 3.94. The highest BCUT2D eigenvalue weighted by Crippen LogP contribution is 2.43. The third-order valence-corrected chi connectivity index (χ3v) is 15.8. The van der Waals surface area contributed by atoms with Gasteiger partial charge in [0.1, 0.15) is 19.8 Å². The first-order chi connectivity index (χ1) is 38.0. The van der Waals surface area contributed by atoms with Crippen LogP contribution in [-0.2, 0) is 32.7 Å². The lowest BCUT2D eigenvalue weighted by molar-refractivity contribution is -0.870. The molecule has 0 aromatic heterocycles. The lowest BCUT2D eigenvalue weighted by Crippen LogP contribution is -2.37. The number of unbranched alkanes of at least 4 members (excludes halogenated alkanes) is 40. The molecule has 2 atom stereocenters. The van der Waals surface area contributed by atoms with E-state index in [1.165, 1.54) is 231 Å². The maximum atomic E-state index is 12.8. The topological polar surface area (TPSA) is 108 Å². The zero-order valence-corrected chi connectivity index (χ0v) is 53.1. The Bertz CT molecular complexity index is 1460. The highest BCUT2D eigenvalue weighted by molar-refractivity contribution is 7.47. The quantitative estimate of drug-likeness (QED) is 0.0211. The lowest BCUT2D eigenvalue weighted by Gasteiger charge is -2.24. The predicted molar refractivity (Wildman–Crippen MR) is 335 cm³/mol. The van der Waals surface area contributed by atoms with Crippen molar-refractivity contribution in [3.8, 4) is 0 Å². The first-order valence-corrected chi connectivity index (χ1v) is 34.9. The lowest BCUT2D eigenvalue weighted by atomic mass is 10.0. The number of esters is 2. The molecule has 0 aliphatic carbocycles. The Morgan fingerprint density at radius 1 is 0.397 bits per heavy atom. The molecule has 0 spiro atoms. The van der Waals surface area contributed by atoms with Crippen molar-refractivity contribution >= 4 is 19.8 Å². The number of nitrogens with zero attached hydrogens (tertiary/aromatic N) is 1. The summed E-state index contributed by atoms with van der Waals surface area (Å²) in [5.41, 5.74) is 0. The molecule has 0 aliphatic rings. The van der Waals surface area contributed by atoms with Gasteiger partial charge in [0, 0.05) is 12.8 Å². The van der Waals surface area contributed by atoms with Gasteiger partial charge in [-0.15, -0.1) is 0 Å². The van der Waals surface area contributed by atoms with E-state index in [1.54, 1.807) is 0 Å². The molecule has 0 aromatic rings. The molecule has 9 nitrogen and oxygen atoms in total. The van der Waals surface area contributed by atoms with Crippen LogP contribution in [0.5, 0.6) is 0 Å². The minimum absolute atomic E-state index is 0.0315. The fraction of sp³-hybridized carbons (Fsp3) is 0.853. The van der Waals surface area contributed by atoms with Gasteiger partial charge in [-0.1, -0.05) is 281 Å². The zero-order chi connectivity index (χ0) is 57.0. The van der Waals surface area contributed by atoms with Gasteiger partial charge < -0.3 is 18.9 Å². The second kappa shape index (κ2) is 59.6. The Hall–Kier alpha value is -2.03. The molecule has 0 aliphatic heterocycles. The van der Waals surface area contributed by atoms with E-state index >= 15 is 0 Å². The molecule has 1 N–H and O–H groups in total. The number of phosphoric ester groups is 1. The van der Waals surface area contributed by atoms with Crippen LogP contribution in [0.15, 0.2) is 48.6 Å². The number of phosphoric acid groups is 1. The number of ether oxygens (including phenoxy) is 2. The molecule has 0 amide bonds. The third kappa shape index (κ3) is 63.2. The van der Waals surface area contributed by atoms with Gasteiger partial charge in [-0.3, -0.25) is 18.6 Å². The van der Waals surface area contributed by atoms with Gasteiger partial charge >= 0.3 is 19.8 Å². The van der Waals surface area contributed by atoms with Crippen LogP contribution in [0.4, 0.5) is 0 Å². The maximum absolute atomic E-state index is 12.8. The van der Waals surface area contributed by atoms with E-state index in [1.807, 2.05) is 21.1 Å². The number of allylic oxidation sites excluding steroid dienone is 8. The van der Waals surface area contributed by atoms with Crippen molar-refractivity contribution in [2.24, 2.45) is 0 Å². The maximum Gasteiger partial charge on any atom is 0.472 e. The van der Waals surface area contributed by atoms with Gasteiger partial charge in [-0.05, 0) is 77.0 Å². The molecule has 0 heterocycles. The summed E-state index contributed by atoms with van der Waals surface area (Å²) in [5.74, 6) is -0.793. The standard InChI is InChI=1S/C68H128NO8P/c1-6-8-10-12-14-16-18-20-22-24-25-26-27-28-29-30-31-32-33-34-35-36-37-38-39-40-41-42-43-45-47-49-51-53-55-57-59-61-68(71)77-66(65-76-78(72,73)75-63-62-69(3,4)5)64-74-67(70)60-58-56-54-52-50-48-46-44-23-21-19-17-15-13-11-9-7-2/h15,17-18,20-21,23-25,66H,6-14,16,19,22,26-65H2,1-5H3/p+1/b17-15-,20-18-,23-21-,25-24-. The van der Waals surface area contributed by atoms with Crippen molar-refractivity contribution in [2.45, 2.75) is 328 Å². The van der Waals surface area contributed by atoms with E-state index < -0.39 is 26.5 Å². The SMILES string of the molecule is CCCCC/C=C\C/C=C\CCCCCCCCCC(=O)OCC(COP(=O)(O)OCC[N+](C)(C)C)OC(=O)CCCCCCCCCCCCCCCCCCCCCCCCCCC/C=C\C/C=C\CCCCCCC. The Morgan fingerprint density at radius 2 is 0.692 bits per heavy atom. The number of carbonyl (C=O) groups is 2.